The summed E-state index contributed by atoms with van der Waals surface area (Å²) in [5, 5.41) is 0. The third-order valence-electron chi connectivity index (χ3n) is 2.02. The minimum absolute atomic E-state index is 0. The van der Waals surface area contributed by atoms with E-state index in [1.807, 2.05) is 6.92 Å². The number of carbonyl (C=O) groups excluding carboxylic acids is 2. The smallest absolute Gasteiger partial charge is 0.348 e. The first kappa shape index (κ1) is 16.4. The predicted molar refractivity (Wildman–Crippen MR) is 57.3 cm³/mol. The van der Waals surface area contributed by atoms with Crippen molar-refractivity contribution in [3.05, 3.63) is 0 Å². The van der Waals surface area contributed by atoms with Gasteiger partial charge in [-0.2, -0.15) is 0 Å². The number of carbonyl (C=O) groups is 2. The quantitative estimate of drug-likeness (QED) is 0.399. The monoisotopic (exact) mass is 219 g/mol. The van der Waals surface area contributed by atoms with Gasteiger partial charge in [-0.15, -0.1) is 0 Å². The van der Waals surface area contributed by atoms with Crippen LogP contribution in [0.4, 0.5) is 0 Å². The van der Waals surface area contributed by atoms with Crippen molar-refractivity contribution in [2.75, 3.05) is 14.1 Å². The van der Waals surface area contributed by atoms with Gasteiger partial charge in [0, 0.05) is 6.92 Å². The lowest BCUT2D eigenvalue weighted by Gasteiger charge is -2.32. The molecule has 15 heavy (non-hydrogen) atoms. The average Bonchev–Trinajstić information content (AvgIpc) is 2.02. The van der Waals surface area contributed by atoms with Gasteiger partial charge in [-0.3, -0.25) is 9.69 Å². The lowest BCUT2D eigenvalue weighted by atomic mass is 10.0. The Hall–Kier alpha value is -0.980. The van der Waals surface area contributed by atoms with Gasteiger partial charge in [0.05, 0.1) is 0 Å². The van der Waals surface area contributed by atoms with E-state index in [2.05, 4.69) is 4.74 Å². The van der Waals surface area contributed by atoms with Gasteiger partial charge >= 0.3 is 11.9 Å². The number of hydrogen-bond acceptors (Lipinski definition) is 6. The topological polar surface area (TPSA) is 108 Å². The second-order valence-corrected chi connectivity index (χ2v) is 3.45. The summed E-state index contributed by atoms with van der Waals surface area (Å²) in [6.07, 6.45) is 1.19. The molecule has 0 aromatic heterocycles. The van der Waals surface area contributed by atoms with Crippen LogP contribution in [0.15, 0.2) is 0 Å². The fourth-order valence-corrected chi connectivity index (χ4v) is 1.11. The van der Waals surface area contributed by atoms with E-state index in [1.165, 1.54) is 6.92 Å². The van der Waals surface area contributed by atoms with E-state index < -0.39 is 17.6 Å². The fraction of sp³-hybridized carbons (Fsp3) is 0.778. The van der Waals surface area contributed by atoms with E-state index in [0.717, 1.165) is 6.42 Å². The second-order valence-electron chi connectivity index (χ2n) is 3.45. The maximum Gasteiger partial charge on any atom is 0.348 e. The molecule has 0 radical (unpaired) electrons. The summed E-state index contributed by atoms with van der Waals surface area (Å²) >= 11 is 0. The summed E-state index contributed by atoms with van der Waals surface area (Å²) in [4.78, 5) is 23.7. The van der Waals surface area contributed by atoms with Gasteiger partial charge in [-0.1, -0.05) is 13.3 Å². The van der Waals surface area contributed by atoms with E-state index in [-0.39, 0.29) is 6.15 Å². The zero-order valence-corrected chi connectivity index (χ0v) is 9.87. The third-order valence-corrected chi connectivity index (χ3v) is 2.02. The molecule has 5 N–H and O–H groups in total. The molecule has 0 spiro atoms. The van der Waals surface area contributed by atoms with Crippen molar-refractivity contribution in [1.29, 1.82) is 0 Å². The van der Waals surface area contributed by atoms with Crippen LogP contribution in [0.1, 0.15) is 26.7 Å². The zero-order valence-electron chi connectivity index (χ0n) is 9.87. The Morgan fingerprint density at radius 1 is 1.40 bits per heavy atom. The van der Waals surface area contributed by atoms with Crippen LogP contribution in [0, 0.1) is 0 Å². The van der Waals surface area contributed by atoms with Gasteiger partial charge in [0.25, 0.3) is 0 Å². The van der Waals surface area contributed by atoms with Crippen molar-refractivity contribution in [1.82, 2.24) is 11.1 Å². The SMILES string of the molecule is CCCC(N)(C(=O)OC(C)=O)N(C)C.N. The van der Waals surface area contributed by atoms with Crippen molar-refractivity contribution in [3.8, 4) is 0 Å². The number of rotatable bonds is 4. The number of nitrogens with zero attached hydrogens (tertiary/aromatic N) is 1. The van der Waals surface area contributed by atoms with Crippen LogP contribution in [0.2, 0.25) is 0 Å². The summed E-state index contributed by atoms with van der Waals surface area (Å²) in [5.74, 6) is -1.33. The van der Waals surface area contributed by atoms with Crippen molar-refractivity contribution >= 4 is 11.9 Å². The number of nitrogens with two attached hydrogens (primary N) is 1. The first-order valence-corrected chi connectivity index (χ1v) is 4.53. The van der Waals surface area contributed by atoms with E-state index in [0.29, 0.717) is 6.42 Å². The Kier molecular flexibility index (Phi) is 7.12. The van der Waals surface area contributed by atoms with Gasteiger partial charge in [-0.25, -0.2) is 4.79 Å². The highest BCUT2D eigenvalue weighted by Crippen LogP contribution is 2.14. The molecule has 6 nitrogen and oxygen atoms in total. The maximum absolute atomic E-state index is 11.5. The molecule has 0 aliphatic rings. The molecule has 0 aliphatic heterocycles. The molecule has 0 amide bonds. The highest BCUT2D eigenvalue weighted by atomic mass is 16.6. The standard InChI is InChI=1S/C9H18N2O3.H3N/c1-5-6-9(10,11(3)4)8(13)14-7(2)12;/h5-6,10H2,1-4H3;1H3. The second kappa shape index (κ2) is 6.49. The molecule has 0 saturated carbocycles. The van der Waals surface area contributed by atoms with Gasteiger partial charge in [0.1, 0.15) is 0 Å². The Morgan fingerprint density at radius 3 is 2.13 bits per heavy atom. The summed E-state index contributed by atoms with van der Waals surface area (Å²) in [5.41, 5.74) is 4.63. The molecule has 0 bridgehead atoms. The summed E-state index contributed by atoms with van der Waals surface area (Å²) in [6, 6.07) is 0. The first-order chi connectivity index (χ1) is 6.34. The van der Waals surface area contributed by atoms with Crippen LogP contribution in [-0.4, -0.2) is 36.6 Å². The normalized spacial score (nSPS) is 14.0. The van der Waals surface area contributed by atoms with Crippen LogP contribution in [0.5, 0.6) is 0 Å². The molecular formula is C9H21N3O3. The largest absolute Gasteiger partial charge is 0.391 e. The molecule has 0 rings (SSSR count). The van der Waals surface area contributed by atoms with Crippen LogP contribution >= 0.6 is 0 Å². The van der Waals surface area contributed by atoms with Crippen LogP contribution < -0.4 is 11.9 Å². The van der Waals surface area contributed by atoms with Gasteiger partial charge in [0.15, 0.2) is 5.66 Å². The van der Waals surface area contributed by atoms with Crippen LogP contribution in [0.3, 0.4) is 0 Å². The van der Waals surface area contributed by atoms with Crippen LogP contribution in [0.25, 0.3) is 0 Å². The minimum atomic E-state index is -1.21. The Bertz CT molecular complexity index is 231. The average molecular weight is 219 g/mol. The molecule has 0 aromatic rings. The summed E-state index contributed by atoms with van der Waals surface area (Å²) in [6.45, 7) is 3.09. The maximum atomic E-state index is 11.5. The minimum Gasteiger partial charge on any atom is -0.391 e. The molecule has 0 aliphatic carbocycles. The third kappa shape index (κ3) is 4.37. The van der Waals surface area contributed by atoms with Crippen molar-refractivity contribution in [3.63, 3.8) is 0 Å². The molecule has 0 fully saturated rings. The Labute approximate surface area is 90.3 Å². The molecule has 1 unspecified atom stereocenters. The number of esters is 2. The zero-order chi connectivity index (χ0) is 11.4. The van der Waals surface area contributed by atoms with Gasteiger partial charge in [0.2, 0.25) is 0 Å². The Morgan fingerprint density at radius 2 is 1.87 bits per heavy atom. The van der Waals surface area contributed by atoms with Crippen molar-refractivity contribution in [2.24, 2.45) is 5.73 Å². The number of hydrogen-bond donors (Lipinski definition) is 2. The molecule has 1 atom stereocenters. The fourth-order valence-electron chi connectivity index (χ4n) is 1.11. The van der Waals surface area contributed by atoms with Gasteiger partial charge in [-0.05, 0) is 20.5 Å². The highest BCUT2D eigenvalue weighted by molar-refractivity contribution is 5.89. The molecular weight excluding hydrogens is 198 g/mol. The van der Waals surface area contributed by atoms with E-state index in [1.54, 1.807) is 19.0 Å². The first-order valence-electron chi connectivity index (χ1n) is 4.53. The van der Waals surface area contributed by atoms with E-state index in [4.69, 9.17) is 5.73 Å². The number of ether oxygens (including phenoxy) is 1. The molecule has 6 heteroatoms. The van der Waals surface area contributed by atoms with Gasteiger partial charge < -0.3 is 16.6 Å². The highest BCUT2D eigenvalue weighted by Gasteiger charge is 2.38. The molecule has 0 heterocycles. The summed E-state index contributed by atoms with van der Waals surface area (Å²) in [7, 11) is 3.36. The Balaban J connectivity index is 0. The lowest BCUT2D eigenvalue weighted by molar-refractivity contribution is -0.167. The molecule has 0 aromatic carbocycles. The van der Waals surface area contributed by atoms with Crippen molar-refractivity contribution < 1.29 is 14.3 Å². The summed E-state index contributed by atoms with van der Waals surface area (Å²) < 4.78 is 4.48. The van der Waals surface area contributed by atoms with Crippen molar-refractivity contribution in [2.45, 2.75) is 32.4 Å². The van der Waals surface area contributed by atoms with E-state index in [9.17, 15) is 9.59 Å². The molecule has 90 valence electrons. The van der Waals surface area contributed by atoms with Crippen LogP contribution in [-0.2, 0) is 14.3 Å². The predicted octanol–water partition coefficient (Wildman–Crippen LogP) is 0.255. The van der Waals surface area contributed by atoms with E-state index >= 15 is 0 Å². The lowest BCUT2D eigenvalue weighted by Crippen LogP contribution is -2.59. The number of likely N-dealkylation sites (N-methyl/N-ethyl adjacent to an activating group) is 1. The molecule has 0 saturated heterocycles.